The minimum absolute atomic E-state index is 0.0259. The fourth-order valence-electron chi connectivity index (χ4n) is 1.19. The molecule has 2 unspecified atom stereocenters. The molecule has 0 aliphatic carbocycles. The zero-order chi connectivity index (χ0) is 12.1. The summed E-state index contributed by atoms with van der Waals surface area (Å²) < 4.78 is 12.6. The highest BCUT2D eigenvalue weighted by Gasteiger charge is 2.20. The summed E-state index contributed by atoms with van der Waals surface area (Å²) in [6.45, 7) is -0.339. The first kappa shape index (κ1) is 12.3. The van der Waals surface area contributed by atoms with Gasteiger partial charge in [-0.2, -0.15) is 0 Å². The van der Waals surface area contributed by atoms with Gasteiger partial charge in [0.15, 0.2) is 0 Å². The second-order valence-electron chi connectivity index (χ2n) is 3.13. The molecule has 0 fully saturated rings. The number of aliphatic hydroxyl groups is 2. The van der Waals surface area contributed by atoms with Gasteiger partial charge in [-0.3, -0.25) is 0 Å². The smallest absolute Gasteiger partial charge is 0.126 e. The van der Waals surface area contributed by atoms with Crippen molar-refractivity contribution in [2.75, 3.05) is 6.54 Å². The quantitative estimate of drug-likeness (QED) is 0.408. The van der Waals surface area contributed by atoms with Crippen molar-refractivity contribution in [3.8, 4) is 5.75 Å². The third-order valence-corrected chi connectivity index (χ3v) is 2.01. The maximum atomic E-state index is 12.6. The molecule has 0 heterocycles. The van der Waals surface area contributed by atoms with Gasteiger partial charge in [-0.1, -0.05) is 5.11 Å². The molecule has 0 saturated heterocycles. The minimum atomic E-state index is -1.44. The molecule has 1 aromatic carbocycles. The fraction of sp³-hybridized carbons (Fsp3) is 0.333. The molecule has 2 atom stereocenters. The van der Waals surface area contributed by atoms with Crippen LogP contribution in [0.1, 0.15) is 11.7 Å². The Morgan fingerprint density at radius 2 is 2.12 bits per heavy atom. The predicted octanol–water partition coefficient (Wildman–Crippen LogP) is 1.24. The van der Waals surface area contributed by atoms with Crippen molar-refractivity contribution in [2.45, 2.75) is 12.2 Å². The number of aliphatic hydroxyl groups excluding tert-OH is 2. The van der Waals surface area contributed by atoms with E-state index in [-0.39, 0.29) is 12.1 Å². The van der Waals surface area contributed by atoms with Gasteiger partial charge in [-0.15, -0.1) is 0 Å². The maximum absolute atomic E-state index is 12.6. The monoisotopic (exact) mass is 227 g/mol. The van der Waals surface area contributed by atoms with Crippen LogP contribution in [0.15, 0.2) is 23.3 Å². The number of aromatic hydroxyl groups is 1. The van der Waals surface area contributed by atoms with Gasteiger partial charge in [0.1, 0.15) is 17.7 Å². The van der Waals surface area contributed by atoms with Crippen LogP contribution >= 0.6 is 0 Å². The van der Waals surface area contributed by atoms with Crippen LogP contribution in [0.5, 0.6) is 5.75 Å². The van der Waals surface area contributed by atoms with Gasteiger partial charge < -0.3 is 15.3 Å². The number of benzene rings is 1. The highest BCUT2D eigenvalue weighted by Crippen LogP contribution is 2.27. The van der Waals surface area contributed by atoms with Crippen molar-refractivity contribution >= 4 is 0 Å². The topological polar surface area (TPSA) is 109 Å². The summed E-state index contributed by atoms with van der Waals surface area (Å²) in [6, 6.07) is 3.01. The fourth-order valence-corrected chi connectivity index (χ4v) is 1.19. The van der Waals surface area contributed by atoms with Gasteiger partial charge in [-0.25, -0.2) is 4.39 Å². The number of hydrogen-bond acceptors (Lipinski definition) is 4. The highest BCUT2D eigenvalue weighted by atomic mass is 19.1. The van der Waals surface area contributed by atoms with E-state index in [0.717, 1.165) is 18.2 Å². The van der Waals surface area contributed by atoms with E-state index in [1.54, 1.807) is 0 Å². The van der Waals surface area contributed by atoms with Crippen LogP contribution in [0.3, 0.4) is 0 Å². The summed E-state index contributed by atoms with van der Waals surface area (Å²) in [5.41, 5.74) is 8.00. The Hall–Kier alpha value is -1.82. The zero-order valence-corrected chi connectivity index (χ0v) is 8.16. The van der Waals surface area contributed by atoms with Crippen molar-refractivity contribution in [3.05, 3.63) is 40.0 Å². The van der Waals surface area contributed by atoms with E-state index >= 15 is 0 Å². The van der Waals surface area contributed by atoms with Gasteiger partial charge in [-0.05, 0) is 17.7 Å². The number of phenols is 1. The summed E-state index contributed by atoms with van der Waals surface area (Å²) >= 11 is 0. The summed E-state index contributed by atoms with van der Waals surface area (Å²) in [5, 5.41) is 31.3. The Labute approximate surface area is 90.2 Å². The average molecular weight is 227 g/mol. The zero-order valence-electron chi connectivity index (χ0n) is 8.16. The van der Waals surface area contributed by atoms with E-state index in [0.29, 0.717) is 0 Å². The first-order valence-corrected chi connectivity index (χ1v) is 4.41. The SMILES string of the molecule is [N-]=[N+]=NCC(O)C(O)c1ccc(F)cc1O. The molecule has 0 radical (unpaired) electrons. The van der Waals surface area contributed by atoms with E-state index < -0.39 is 23.8 Å². The van der Waals surface area contributed by atoms with E-state index in [1.165, 1.54) is 0 Å². The molecule has 86 valence electrons. The third-order valence-electron chi connectivity index (χ3n) is 2.01. The van der Waals surface area contributed by atoms with Crippen LogP contribution in [0, 0.1) is 5.82 Å². The van der Waals surface area contributed by atoms with Crippen LogP contribution in [-0.2, 0) is 0 Å². The second kappa shape index (κ2) is 5.32. The molecule has 0 aliphatic heterocycles. The van der Waals surface area contributed by atoms with E-state index in [2.05, 4.69) is 10.0 Å². The van der Waals surface area contributed by atoms with E-state index in [4.69, 9.17) is 5.53 Å². The van der Waals surface area contributed by atoms with Crippen LogP contribution in [0.25, 0.3) is 10.4 Å². The predicted molar refractivity (Wildman–Crippen MR) is 53.0 cm³/mol. The number of nitrogens with zero attached hydrogens (tertiary/aromatic N) is 3. The van der Waals surface area contributed by atoms with Gasteiger partial charge >= 0.3 is 0 Å². The van der Waals surface area contributed by atoms with E-state index in [1.807, 2.05) is 0 Å². The van der Waals surface area contributed by atoms with Gasteiger partial charge in [0, 0.05) is 16.5 Å². The van der Waals surface area contributed by atoms with Crippen molar-refractivity contribution in [2.24, 2.45) is 5.11 Å². The summed E-state index contributed by atoms with van der Waals surface area (Å²) in [4.78, 5) is 2.42. The molecule has 6 nitrogen and oxygen atoms in total. The lowest BCUT2D eigenvalue weighted by Crippen LogP contribution is -2.21. The standard InChI is InChI=1S/C9H10FN3O3/c10-5-1-2-6(7(14)3-5)9(16)8(15)4-12-13-11/h1-3,8-9,14-16H,4H2. The van der Waals surface area contributed by atoms with Crippen molar-refractivity contribution < 1.29 is 19.7 Å². The summed E-state index contributed by atoms with van der Waals surface area (Å²) in [7, 11) is 0. The molecule has 7 heteroatoms. The molecular weight excluding hydrogens is 217 g/mol. The number of azide groups is 1. The Bertz CT molecular complexity index is 420. The van der Waals surface area contributed by atoms with Gasteiger partial charge in [0.05, 0.1) is 12.6 Å². The number of halogens is 1. The molecule has 0 spiro atoms. The molecule has 1 rings (SSSR count). The number of hydrogen-bond donors (Lipinski definition) is 3. The van der Waals surface area contributed by atoms with Crippen molar-refractivity contribution in [1.82, 2.24) is 0 Å². The van der Waals surface area contributed by atoms with Crippen LogP contribution < -0.4 is 0 Å². The van der Waals surface area contributed by atoms with Crippen molar-refractivity contribution in [1.29, 1.82) is 0 Å². The van der Waals surface area contributed by atoms with Crippen LogP contribution in [0.2, 0.25) is 0 Å². The molecule has 3 N–H and O–H groups in total. The molecule has 1 aromatic rings. The lowest BCUT2D eigenvalue weighted by molar-refractivity contribution is 0.0230. The molecule has 0 aliphatic rings. The van der Waals surface area contributed by atoms with Crippen molar-refractivity contribution in [3.63, 3.8) is 0 Å². The van der Waals surface area contributed by atoms with Crippen LogP contribution in [-0.4, -0.2) is 28.0 Å². The Morgan fingerprint density at radius 1 is 1.44 bits per heavy atom. The van der Waals surface area contributed by atoms with E-state index in [9.17, 15) is 19.7 Å². The Kier molecular flexibility index (Phi) is 4.07. The average Bonchev–Trinajstić information content (AvgIpc) is 2.25. The largest absolute Gasteiger partial charge is 0.507 e. The summed E-state index contributed by atoms with van der Waals surface area (Å²) in [6.07, 6.45) is -2.79. The van der Waals surface area contributed by atoms with Gasteiger partial charge in [0.25, 0.3) is 0 Å². The molecule has 0 amide bonds. The maximum Gasteiger partial charge on any atom is 0.126 e. The first-order valence-electron chi connectivity index (χ1n) is 4.41. The third kappa shape index (κ3) is 2.83. The highest BCUT2D eigenvalue weighted by molar-refractivity contribution is 5.34. The Morgan fingerprint density at radius 3 is 2.69 bits per heavy atom. The second-order valence-corrected chi connectivity index (χ2v) is 3.13. The normalized spacial score (nSPS) is 13.9. The summed E-state index contributed by atoms with van der Waals surface area (Å²) in [5.74, 6) is -1.12. The minimum Gasteiger partial charge on any atom is -0.507 e. The molecule has 0 aromatic heterocycles. The van der Waals surface area contributed by atoms with Crippen LogP contribution in [0.4, 0.5) is 4.39 Å². The molecular formula is C9H10FN3O3. The van der Waals surface area contributed by atoms with Gasteiger partial charge in [0.2, 0.25) is 0 Å². The molecule has 16 heavy (non-hydrogen) atoms. The Balaban J connectivity index is 2.86. The lowest BCUT2D eigenvalue weighted by atomic mass is 10.0. The first-order chi connectivity index (χ1) is 7.56. The number of phenolic OH excluding ortho intramolecular Hbond substituents is 1. The number of rotatable bonds is 4. The lowest BCUT2D eigenvalue weighted by Gasteiger charge is -2.17. The molecule has 0 saturated carbocycles. The molecule has 0 bridgehead atoms.